The first kappa shape index (κ1) is 28.0. The fourth-order valence-corrected chi connectivity index (χ4v) is 8.04. The maximum Gasteiger partial charge on any atom is 0.261 e. The molecule has 2 bridgehead atoms. The first-order chi connectivity index (χ1) is 19.4. The van der Waals surface area contributed by atoms with Gasteiger partial charge in [0.2, 0.25) is 0 Å². The molecule has 2 aliphatic carbocycles. The van der Waals surface area contributed by atoms with E-state index in [2.05, 4.69) is 28.7 Å². The number of hydrogen-bond acceptors (Lipinski definition) is 6. The third-order valence-corrected chi connectivity index (χ3v) is 10.7. The molecule has 6 nitrogen and oxygen atoms in total. The topological polar surface area (TPSA) is 71.0 Å². The zero-order chi connectivity index (χ0) is 27.9. The molecule has 1 spiro atoms. The van der Waals surface area contributed by atoms with Crippen LogP contribution in [0.25, 0.3) is 0 Å². The number of rotatable bonds is 1. The molecular formula is C32H39ClN2O4S. The number of anilines is 1. The Morgan fingerprint density at radius 2 is 2.10 bits per heavy atom. The lowest BCUT2D eigenvalue weighted by molar-refractivity contribution is 0.0452. The summed E-state index contributed by atoms with van der Waals surface area (Å²) >= 11 is 7.78. The van der Waals surface area contributed by atoms with Crippen LogP contribution in [-0.2, 0) is 16.6 Å². The van der Waals surface area contributed by atoms with Crippen molar-refractivity contribution in [3.63, 3.8) is 0 Å². The van der Waals surface area contributed by atoms with Crippen LogP contribution in [-0.4, -0.2) is 55.3 Å². The van der Waals surface area contributed by atoms with Crippen LogP contribution < -0.4 is 14.4 Å². The van der Waals surface area contributed by atoms with Gasteiger partial charge >= 0.3 is 0 Å². The minimum Gasteiger partial charge on any atom is -0.490 e. The molecule has 0 radical (unpaired) electrons. The molecule has 214 valence electrons. The summed E-state index contributed by atoms with van der Waals surface area (Å²) in [5.74, 6) is 1.26. The van der Waals surface area contributed by atoms with Crippen LogP contribution in [0.4, 0.5) is 5.69 Å². The van der Waals surface area contributed by atoms with Crippen LogP contribution in [0.15, 0.2) is 48.6 Å². The second kappa shape index (κ2) is 11.6. The number of aliphatic hydroxyl groups excluding tert-OH is 1. The number of amides is 1. The summed E-state index contributed by atoms with van der Waals surface area (Å²) in [6.45, 7) is 4.25. The van der Waals surface area contributed by atoms with Crippen molar-refractivity contribution in [2.45, 2.75) is 68.3 Å². The molecule has 8 heteroatoms. The maximum atomic E-state index is 13.3. The predicted octanol–water partition coefficient (Wildman–Crippen LogP) is 5.94. The molecule has 2 aliphatic heterocycles. The zero-order valence-corrected chi connectivity index (χ0v) is 24.8. The van der Waals surface area contributed by atoms with Crippen LogP contribution in [0.3, 0.4) is 0 Å². The van der Waals surface area contributed by atoms with Crippen molar-refractivity contribution in [1.29, 1.82) is 0 Å². The summed E-state index contributed by atoms with van der Waals surface area (Å²) in [5.41, 5.74) is 4.04. The fraction of sp³-hybridized carbons (Fsp3) is 0.531. The first-order valence-electron chi connectivity index (χ1n) is 14.5. The number of aryl methyl sites for hydroxylation is 1. The molecule has 4 aliphatic rings. The quantitative estimate of drug-likeness (QED) is 0.320. The van der Waals surface area contributed by atoms with E-state index < -0.39 is 6.10 Å². The van der Waals surface area contributed by atoms with Crippen LogP contribution in [0.5, 0.6) is 5.75 Å². The lowest BCUT2D eigenvalue weighted by Gasteiger charge is -2.45. The lowest BCUT2D eigenvalue weighted by atomic mass is 9.68. The van der Waals surface area contributed by atoms with E-state index in [1.165, 1.54) is 23.1 Å². The van der Waals surface area contributed by atoms with Crippen molar-refractivity contribution in [2.75, 3.05) is 31.7 Å². The number of ether oxygens (including phenoxy) is 2. The van der Waals surface area contributed by atoms with Gasteiger partial charge < -0.3 is 19.5 Å². The summed E-state index contributed by atoms with van der Waals surface area (Å²) in [6.07, 6.45) is 9.37. The molecule has 0 unspecified atom stereocenters. The Morgan fingerprint density at radius 3 is 2.90 bits per heavy atom. The summed E-state index contributed by atoms with van der Waals surface area (Å²) in [4.78, 5) is 15.7. The maximum absolute atomic E-state index is 13.3. The van der Waals surface area contributed by atoms with Gasteiger partial charge in [-0.1, -0.05) is 29.8 Å². The summed E-state index contributed by atoms with van der Waals surface area (Å²) in [6, 6.07) is 12.1. The van der Waals surface area contributed by atoms with Crippen molar-refractivity contribution in [1.82, 2.24) is 4.72 Å². The van der Waals surface area contributed by atoms with Crippen molar-refractivity contribution in [2.24, 2.45) is 11.8 Å². The average Bonchev–Trinajstić information content (AvgIpc) is 3.08. The highest BCUT2D eigenvalue weighted by atomic mass is 35.5. The fourth-order valence-electron chi connectivity index (χ4n) is 7.07. The van der Waals surface area contributed by atoms with Crippen molar-refractivity contribution < 1.29 is 19.4 Å². The van der Waals surface area contributed by atoms with Crippen molar-refractivity contribution >= 4 is 35.1 Å². The number of carbonyl (C=O) groups excluding carboxylic acids is 1. The van der Waals surface area contributed by atoms with Crippen molar-refractivity contribution in [3.05, 3.63) is 70.3 Å². The van der Waals surface area contributed by atoms with Gasteiger partial charge in [-0.05, 0) is 111 Å². The van der Waals surface area contributed by atoms with E-state index in [9.17, 15) is 9.90 Å². The first-order valence-corrected chi connectivity index (χ1v) is 15.8. The number of nitrogens with zero attached hydrogens (tertiary/aromatic N) is 1. The number of hydrogen-bond donors (Lipinski definition) is 2. The lowest BCUT2D eigenvalue weighted by Crippen LogP contribution is -2.49. The normalized spacial score (nSPS) is 33.0. The zero-order valence-electron chi connectivity index (χ0n) is 23.3. The Morgan fingerprint density at radius 1 is 1.23 bits per heavy atom. The minimum absolute atomic E-state index is 0.0421. The summed E-state index contributed by atoms with van der Waals surface area (Å²) in [5, 5.41) is 12.0. The molecule has 2 N–H and O–H groups in total. The molecule has 40 heavy (non-hydrogen) atoms. The van der Waals surface area contributed by atoms with Gasteiger partial charge in [-0.2, -0.15) is 0 Å². The summed E-state index contributed by atoms with van der Waals surface area (Å²) in [7, 11) is 1.70. The molecule has 0 saturated heterocycles. The van der Waals surface area contributed by atoms with E-state index in [1.807, 2.05) is 36.4 Å². The van der Waals surface area contributed by atoms with E-state index in [0.29, 0.717) is 24.5 Å². The number of halogens is 1. The molecule has 2 aromatic carbocycles. The Kier molecular flexibility index (Phi) is 8.10. The van der Waals surface area contributed by atoms with E-state index in [-0.39, 0.29) is 28.6 Å². The Balaban J connectivity index is 1.38. The van der Waals surface area contributed by atoms with Gasteiger partial charge in [-0.25, -0.2) is 0 Å². The van der Waals surface area contributed by atoms with Crippen LogP contribution in [0, 0.1) is 11.8 Å². The van der Waals surface area contributed by atoms with Crippen LogP contribution >= 0.6 is 23.5 Å². The highest BCUT2D eigenvalue weighted by Crippen LogP contribution is 2.46. The molecule has 1 amide bonds. The standard InChI is InChI=1S/C32H39ClN2O4S/c1-20-29(38-2)7-3-6-28(36)25-11-8-23(25)17-35-18-32(14-4-5-21-15-24(33)10-12-26(21)32)19-39-30-13-9-22(16-27(30)35)31(37)34-40-20/h3,6,9-10,12-13,15-16,20,23,25,28-29,36H,4-5,7-8,11,14,17-19H2,1-2H3,(H,34,37)/b6-3-/t20-,23-,25+,28-,29-,32-/m0/s1. The molecule has 2 heterocycles. The SMILES string of the molecule is CO[C@H]1C/C=C\[C@H](O)[C@@H]2CC[C@H]2CN2C[C@@]3(CCCc4cc(Cl)ccc43)COc3ccc(cc32)C(=O)NS[C@H]1C. The molecule has 1 saturated carbocycles. The second-order valence-corrected chi connectivity index (χ2v) is 13.6. The average molecular weight is 583 g/mol. The number of fused-ring (bicyclic) bond motifs is 4. The Hall–Kier alpha value is -2.19. The predicted molar refractivity (Wildman–Crippen MR) is 162 cm³/mol. The van der Waals surface area contributed by atoms with Gasteiger partial charge in [-0.15, -0.1) is 0 Å². The van der Waals surface area contributed by atoms with Crippen molar-refractivity contribution in [3.8, 4) is 5.75 Å². The van der Waals surface area contributed by atoms with E-state index in [1.54, 1.807) is 7.11 Å². The van der Waals surface area contributed by atoms with E-state index >= 15 is 0 Å². The Labute approximate surface area is 246 Å². The summed E-state index contributed by atoms with van der Waals surface area (Å²) < 4.78 is 15.3. The molecule has 0 aromatic heterocycles. The highest BCUT2D eigenvalue weighted by Gasteiger charge is 2.44. The number of nitrogens with one attached hydrogen (secondary N) is 1. The Bertz CT molecular complexity index is 1290. The van der Waals surface area contributed by atoms with E-state index in [4.69, 9.17) is 21.1 Å². The van der Waals surface area contributed by atoms with E-state index in [0.717, 1.165) is 61.7 Å². The third kappa shape index (κ3) is 5.38. The van der Waals surface area contributed by atoms with Crippen LogP contribution in [0.2, 0.25) is 5.02 Å². The van der Waals surface area contributed by atoms with Gasteiger partial charge in [-0.3, -0.25) is 9.52 Å². The number of aliphatic hydroxyl groups is 1. The second-order valence-electron chi connectivity index (χ2n) is 12.0. The van der Waals surface area contributed by atoms with Gasteiger partial charge in [0.05, 0.1) is 24.5 Å². The van der Waals surface area contributed by atoms with Gasteiger partial charge in [0.1, 0.15) is 5.75 Å². The van der Waals surface area contributed by atoms with Crippen LogP contribution in [0.1, 0.15) is 60.5 Å². The molecule has 6 atom stereocenters. The highest BCUT2D eigenvalue weighted by molar-refractivity contribution is 7.98. The van der Waals surface area contributed by atoms with Gasteiger partial charge in [0, 0.05) is 41.5 Å². The molecule has 6 rings (SSSR count). The molecule has 1 fully saturated rings. The monoisotopic (exact) mass is 582 g/mol. The smallest absolute Gasteiger partial charge is 0.261 e. The third-order valence-electron chi connectivity index (χ3n) is 9.53. The molecule has 2 aromatic rings. The van der Waals surface area contributed by atoms with Gasteiger partial charge in [0.25, 0.3) is 5.91 Å². The van der Waals surface area contributed by atoms with Gasteiger partial charge in [0.15, 0.2) is 0 Å². The number of benzene rings is 2. The minimum atomic E-state index is -0.479. The largest absolute Gasteiger partial charge is 0.490 e. The molecular weight excluding hydrogens is 544 g/mol. The number of methoxy groups -OCH3 is 1. The number of carbonyl (C=O) groups is 1.